The van der Waals surface area contributed by atoms with E-state index in [-0.39, 0.29) is 12.2 Å². The zero-order valence-corrected chi connectivity index (χ0v) is 6.71. The van der Waals surface area contributed by atoms with Crippen molar-refractivity contribution in [2.45, 2.75) is 19.1 Å². The Kier molecular flexibility index (Phi) is 1.42. The number of nitrogens with zero attached hydrogens (tertiary/aromatic N) is 3. The lowest BCUT2D eigenvalue weighted by molar-refractivity contribution is 0.632. The Balaban J connectivity index is 2.33. The number of aliphatic imine (C=N–C) groups is 3. The van der Waals surface area contributed by atoms with Crippen LogP contribution >= 0.6 is 11.6 Å². The molecule has 1 N–H and O–H groups in total. The summed E-state index contributed by atoms with van der Waals surface area (Å²) in [4.78, 5) is 12.2. The van der Waals surface area contributed by atoms with E-state index in [0.717, 1.165) is 5.71 Å². The standard InChI is InChI=1S/C6H7ClN4/c1-3-4-5(9-2-8-4)11-6(7)10-3/h2,4-5H,1H3,(H,8,9). The highest BCUT2D eigenvalue weighted by Crippen LogP contribution is 2.14. The fourth-order valence-corrected chi connectivity index (χ4v) is 1.41. The molecule has 4 nitrogen and oxygen atoms in total. The van der Waals surface area contributed by atoms with Gasteiger partial charge in [0.1, 0.15) is 6.04 Å². The Hall–Kier alpha value is -0.900. The first-order valence-corrected chi connectivity index (χ1v) is 3.71. The van der Waals surface area contributed by atoms with Gasteiger partial charge in [-0.2, -0.15) is 0 Å². The van der Waals surface area contributed by atoms with E-state index < -0.39 is 0 Å². The van der Waals surface area contributed by atoms with E-state index in [2.05, 4.69) is 20.3 Å². The Morgan fingerprint density at radius 1 is 1.64 bits per heavy atom. The summed E-state index contributed by atoms with van der Waals surface area (Å²) in [5, 5.41) is 3.28. The molecule has 5 heteroatoms. The molecule has 0 saturated heterocycles. The second-order valence-electron chi connectivity index (χ2n) is 2.49. The van der Waals surface area contributed by atoms with E-state index in [9.17, 15) is 0 Å². The Bertz CT molecular complexity index is 268. The Morgan fingerprint density at radius 2 is 2.45 bits per heavy atom. The van der Waals surface area contributed by atoms with Gasteiger partial charge in [0.05, 0.1) is 6.34 Å². The number of hydrogen-bond acceptors (Lipinski definition) is 4. The average molecular weight is 171 g/mol. The van der Waals surface area contributed by atoms with Crippen molar-refractivity contribution in [2.24, 2.45) is 15.0 Å². The van der Waals surface area contributed by atoms with Crippen LogP contribution < -0.4 is 5.32 Å². The van der Waals surface area contributed by atoms with E-state index >= 15 is 0 Å². The maximum atomic E-state index is 5.65. The van der Waals surface area contributed by atoms with Crippen molar-refractivity contribution in [3.63, 3.8) is 0 Å². The molecule has 0 fully saturated rings. The molecule has 2 atom stereocenters. The Labute approximate surface area is 69.1 Å². The third kappa shape index (κ3) is 1.03. The van der Waals surface area contributed by atoms with Gasteiger partial charge in [0.25, 0.3) is 0 Å². The summed E-state index contributed by atoms with van der Waals surface area (Å²) < 4.78 is 0. The van der Waals surface area contributed by atoms with Crippen LogP contribution in [0.2, 0.25) is 0 Å². The summed E-state index contributed by atoms with van der Waals surface area (Å²) in [6, 6.07) is 0.0532. The highest BCUT2D eigenvalue weighted by molar-refractivity contribution is 6.65. The average Bonchev–Trinajstić information content (AvgIpc) is 2.34. The lowest BCUT2D eigenvalue weighted by Gasteiger charge is -2.17. The summed E-state index contributed by atoms with van der Waals surface area (Å²) >= 11 is 5.65. The van der Waals surface area contributed by atoms with E-state index in [1.165, 1.54) is 0 Å². The third-order valence-corrected chi connectivity index (χ3v) is 1.90. The molecule has 2 unspecified atom stereocenters. The Morgan fingerprint density at radius 3 is 3.27 bits per heavy atom. The van der Waals surface area contributed by atoms with Crippen LogP contribution in [0.1, 0.15) is 6.92 Å². The van der Waals surface area contributed by atoms with Crippen LogP contribution in [0.5, 0.6) is 0 Å². The van der Waals surface area contributed by atoms with Crippen molar-refractivity contribution in [2.75, 3.05) is 0 Å². The van der Waals surface area contributed by atoms with Crippen LogP contribution in [-0.4, -0.2) is 29.6 Å². The van der Waals surface area contributed by atoms with Crippen LogP contribution in [0.3, 0.4) is 0 Å². The molecule has 0 saturated carbocycles. The van der Waals surface area contributed by atoms with Gasteiger partial charge in [0, 0.05) is 5.71 Å². The molecule has 58 valence electrons. The SMILES string of the molecule is CC1=NC(Cl)=NC2NC=NC12. The van der Waals surface area contributed by atoms with Gasteiger partial charge in [-0.05, 0) is 18.5 Å². The van der Waals surface area contributed by atoms with Crippen molar-refractivity contribution in [1.82, 2.24) is 5.32 Å². The first kappa shape index (κ1) is 6.79. The van der Waals surface area contributed by atoms with Gasteiger partial charge >= 0.3 is 0 Å². The molecular weight excluding hydrogens is 164 g/mol. The van der Waals surface area contributed by atoms with Gasteiger partial charge in [-0.1, -0.05) is 0 Å². The summed E-state index contributed by atoms with van der Waals surface area (Å²) in [7, 11) is 0. The minimum atomic E-state index is -0.0278. The first-order valence-electron chi connectivity index (χ1n) is 3.33. The van der Waals surface area contributed by atoms with Crippen molar-refractivity contribution in [3.05, 3.63) is 0 Å². The maximum absolute atomic E-state index is 5.65. The predicted octanol–water partition coefficient (Wildman–Crippen LogP) is 0.382. The summed E-state index contributed by atoms with van der Waals surface area (Å²) in [6.07, 6.45) is 1.62. The normalized spacial score (nSPS) is 34.0. The van der Waals surface area contributed by atoms with Gasteiger partial charge < -0.3 is 5.32 Å². The summed E-state index contributed by atoms with van der Waals surface area (Å²) in [5.41, 5.74) is 0.913. The van der Waals surface area contributed by atoms with Gasteiger partial charge in [0.2, 0.25) is 5.29 Å². The number of nitrogens with one attached hydrogen (secondary N) is 1. The molecule has 11 heavy (non-hydrogen) atoms. The van der Waals surface area contributed by atoms with Crippen LogP contribution in [0.4, 0.5) is 0 Å². The van der Waals surface area contributed by atoms with E-state index in [1.807, 2.05) is 6.92 Å². The molecule has 0 radical (unpaired) electrons. The monoisotopic (exact) mass is 170 g/mol. The lowest BCUT2D eigenvalue weighted by Crippen LogP contribution is -2.37. The topological polar surface area (TPSA) is 49.1 Å². The van der Waals surface area contributed by atoms with Crippen molar-refractivity contribution >= 4 is 28.9 Å². The van der Waals surface area contributed by atoms with E-state index in [1.54, 1.807) is 6.34 Å². The molecule has 0 amide bonds. The molecule has 0 aromatic heterocycles. The highest BCUT2D eigenvalue weighted by Gasteiger charge is 2.29. The fourth-order valence-electron chi connectivity index (χ4n) is 1.17. The van der Waals surface area contributed by atoms with Crippen LogP contribution in [-0.2, 0) is 0 Å². The smallest absolute Gasteiger partial charge is 0.219 e. The van der Waals surface area contributed by atoms with E-state index in [0.29, 0.717) is 5.29 Å². The molecule has 0 aromatic carbocycles. The number of rotatable bonds is 0. The van der Waals surface area contributed by atoms with Crippen molar-refractivity contribution < 1.29 is 0 Å². The van der Waals surface area contributed by atoms with Gasteiger partial charge in [0.15, 0.2) is 6.17 Å². The van der Waals surface area contributed by atoms with Gasteiger partial charge in [-0.15, -0.1) is 0 Å². The van der Waals surface area contributed by atoms with Gasteiger partial charge in [-0.25, -0.2) is 9.98 Å². The largest absolute Gasteiger partial charge is 0.353 e. The molecule has 2 aliphatic rings. The van der Waals surface area contributed by atoms with Crippen molar-refractivity contribution in [3.8, 4) is 0 Å². The second kappa shape index (κ2) is 2.30. The number of amidine groups is 1. The predicted molar refractivity (Wildman–Crippen MR) is 45.6 cm³/mol. The van der Waals surface area contributed by atoms with Crippen LogP contribution in [0.25, 0.3) is 0 Å². The first-order chi connectivity index (χ1) is 5.27. The minimum absolute atomic E-state index is 0.0278. The van der Waals surface area contributed by atoms with Gasteiger partial charge in [-0.3, -0.25) is 4.99 Å². The molecular formula is C6H7ClN4. The maximum Gasteiger partial charge on any atom is 0.219 e. The lowest BCUT2D eigenvalue weighted by atomic mass is 10.1. The zero-order valence-electron chi connectivity index (χ0n) is 5.95. The summed E-state index contributed by atoms with van der Waals surface area (Å²) in [5.74, 6) is 0. The van der Waals surface area contributed by atoms with Crippen molar-refractivity contribution in [1.29, 1.82) is 0 Å². The number of halogens is 1. The zero-order chi connectivity index (χ0) is 7.84. The quantitative estimate of drug-likeness (QED) is 0.525. The highest BCUT2D eigenvalue weighted by atomic mass is 35.5. The molecule has 2 rings (SSSR count). The third-order valence-electron chi connectivity index (χ3n) is 1.72. The minimum Gasteiger partial charge on any atom is -0.353 e. The molecule has 2 heterocycles. The van der Waals surface area contributed by atoms with E-state index in [4.69, 9.17) is 11.6 Å². The number of hydrogen-bond donors (Lipinski definition) is 1. The molecule has 0 spiro atoms. The second-order valence-corrected chi connectivity index (χ2v) is 2.82. The summed E-state index contributed by atoms with van der Waals surface area (Å²) in [6.45, 7) is 1.90. The molecule has 0 bridgehead atoms. The fraction of sp³-hybridized carbons (Fsp3) is 0.500. The molecule has 2 aliphatic heterocycles. The van der Waals surface area contributed by atoms with Crippen LogP contribution in [0.15, 0.2) is 15.0 Å². The molecule has 0 aliphatic carbocycles. The van der Waals surface area contributed by atoms with Crippen LogP contribution in [0, 0.1) is 0 Å². The number of fused-ring (bicyclic) bond motifs is 1. The molecule has 0 aromatic rings.